The third-order valence-electron chi connectivity index (χ3n) is 6.17. The zero-order chi connectivity index (χ0) is 35.6. The van der Waals surface area contributed by atoms with E-state index in [9.17, 15) is 65.5 Å². The Morgan fingerprint density at radius 3 is 1.23 bits per heavy atom. The number of benzene rings is 2. The number of aliphatic hydroxyl groups is 2. The van der Waals surface area contributed by atoms with Gasteiger partial charge in [0.1, 0.15) is 43.2 Å². The first-order chi connectivity index (χ1) is 22.3. The van der Waals surface area contributed by atoms with Crippen LogP contribution in [0, 0.1) is 0 Å². The van der Waals surface area contributed by atoms with Crippen molar-refractivity contribution in [2.75, 3.05) is 10.9 Å². The van der Waals surface area contributed by atoms with Gasteiger partial charge in [0, 0.05) is 23.3 Å². The molecule has 0 spiro atoms. The molecule has 2 aliphatic rings. The van der Waals surface area contributed by atoms with Crippen LogP contribution in [-0.2, 0) is 39.4 Å². The van der Waals surface area contributed by atoms with Gasteiger partial charge in [-0.15, -0.1) is 0 Å². The third-order valence-corrected chi connectivity index (χ3v) is 7.95. The summed E-state index contributed by atoms with van der Waals surface area (Å²) in [5, 5.41) is 49.8. The fourth-order valence-electron chi connectivity index (χ4n) is 4.07. The van der Waals surface area contributed by atoms with E-state index in [4.69, 9.17) is 0 Å². The van der Waals surface area contributed by atoms with E-state index < -0.39 is 87.6 Å². The quantitative estimate of drug-likeness (QED) is 0.0571. The van der Waals surface area contributed by atoms with Crippen molar-refractivity contribution >= 4 is 78.7 Å². The molecule has 4 N–H and O–H groups in total. The second-order valence-electron chi connectivity index (χ2n) is 9.45. The molecule has 4 rings (SSSR count). The minimum absolute atomic E-state index is 0. The number of hydrogen-bond acceptors (Lipinski definition) is 18. The summed E-state index contributed by atoms with van der Waals surface area (Å²) in [6.07, 6.45) is 4.52. The monoisotopic (exact) mass is 788 g/mol. The number of aliphatic carboxylic acids is 2. The van der Waals surface area contributed by atoms with Crippen LogP contribution in [0.4, 0.5) is 11.4 Å². The van der Waals surface area contributed by atoms with Crippen LogP contribution in [-0.4, -0.2) is 71.1 Å². The van der Waals surface area contributed by atoms with Gasteiger partial charge < -0.3 is 39.1 Å². The van der Waals surface area contributed by atoms with Crippen LogP contribution in [0.2, 0.25) is 0 Å². The van der Waals surface area contributed by atoms with Crippen LogP contribution in [0.15, 0.2) is 103 Å². The Balaban J connectivity index is 0.00000650. The van der Waals surface area contributed by atoms with Crippen LogP contribution < -0.4 is 139 Å². The number of nitrogens with one attached hydrogen (secondary N) is 2. The number of nitrogens with zero attached hydrogens (tertiary/aromatic N) is 2. The number of hydrazone groups is 2. The SMILES string of the molecule is O=C1C=C(O)/C(=N\Nc2ccc(/C=C/c3ccc(N/N=C4/C(O)=CC(=O)C=C4C(=O)[O-])cc3S(=O)(=O)[O-])c(S(=O)(=O)[O-])c2)C(C(=O)[O-])=C1.[Na+].[Na+].[Na+].[Na+]. The van der Waals surface area contributed by atoms with Gasteiger partial charge in [-0.1, -0.05) is 24.3 Å². The van der Waals surface area contributed by atoms with Crippen molar-refractivity contribution in [2.45, 2.75) is 9.79 Å². The Bertz CT molecular complexity index is 2110. The van der Waals surface area contributed by atoms with Crippen molar-refractivity contribution in [3.05, 3.63) is 94.5 Å². The van der Waals surface area contributed by atoms with Crippen LogP contribution in [0.5, 0.6) is 0 Å². The molecule has 0 aromatic heterocycles. The van der Waals surface area contributed by atoms with Gasteiger partial charge in [-0.2, -0.15) is 10.2 Å². The predicted molar refractivity (Wildman–Crippen MR) is 157 cm³/mol. The zero-order valence-electron chi connectivity index (χ0n) is 27.4. The van der Waals surface area contributed by atoms with Gasteiger partial charge in [-0.25, -0.2) is 16.8 Å². The molecule has 248 valence electrons. The molecule has 2 aliphatic carbocycles. The molecule has 18 nitrogen and oxygen atoms in total. The number of carbonyl (C=O) groups is 4. The maximum atomic E-state index is 12.0. The van der Waals surface area contributed by atoms with E-state index in [2.05, 4.69) is 21.1 Å². The van der Waals surface area contributed by atoms with Crippen molar-refractivity contribution < 1.29 is 184 Å². The Hall–Kier alpha value is -2.22. The van der Waals surface area contributed by atoms with Gasteiger partial charge in [0.2, 0.25) is 0 Å². The van der Waals surface area contributed by atoms with Gasteiger partial charge in [0.15, 0.2) is 11.6 Å². The molecule has 2 aromatic carbocycles. The molecule has 52 heavy (non-hydrogen) atoms. The number of anilines is 2. The number of aliphatic hydroxyl groups excluding tert-OH is 2. The van der Waals surface area contributed by atoms with E-state index in [1.807, 2.05) is 0 Å². The molecule has 0 amide bonds. The molecular weight excluding hydrogens is 772 g/mol. The summed E-state index contributed by atoms with van der Waals surface area (Å²) >= 11 is 0. The van der Waals surface area contributed by atoms with Crippen molar-refractivity contribution in [1.29, 1.82) is 0 Å². The second-order valence-corrected chi connectivity index (χ2v) is 12.1. The summed E-state index contributed by atoms with van der Waals surface area (Å²) in [5.74, 6) is -7.14. The van der Waals surface area contributed by atoms with E-state index >= 15 is 0 Å². The number of rotatable bonds is 10. The minimum atomic E-state index is -5.24. The minimum Gasteiger partial charge on any atom is -0.744 e. The Morgan fingerprint density at radius 2 is 0.942 bits per heavy atom. The maximum Gasteiger partial charge on any atom is 1.00 e. The number of carboxylic acid groups (broad SMARTS) is 2. The summed E-state index contributed by atoms with van der Waals surface area (Å²) in [5.41, 5.74) is 0.601. The summed E-state index contributed by atoms with van der Waals surface area (Å²) in [6.45, 7) is 0. The fourth-order valence-corrected chi connectivity index (χ4v) is 5.46. The van der Waals surface area contributed by atoms with Crippen LogP contribution >= 0.6 is 0 Å². The van der Waals surface area contributed by atoms with E-state index in [1.54, 1.807) is 0 Å². The molecule has 0 radical (unpaired) electrons. The molecule has 0 saturated heterocycles. The Morgan fingerprint density at radius 1 is 0.615 bits per heavy atom. The molecule has 0 atom stereocenters. The third kappa shape index (κ3) is 12.7. The normalized spacial score (nSPS) is 15.8. The smallest absolute Gasteiger partial charge is 0.744 e. The molecule has 24 heteroatoms. The van der Waals surface area contributed by atoms with E-state index in [1.165, 1.54) is 0 Å². The second kappa shape index (κ2) is 20.5. The molecule has 0 bridgehead atoms. The molecule has 0 saturated carbocycles. The van der Waals surface area contributed by atoms with Crippen molar-refractivity contribution in [3.8, 4) is 0 Å². The van der Waals surface area contributed by atoms with Crippen LogP contribution in [0.25, 0.3) is 12.2 Å². The largest absolute Gasteiger partial charge is 1.00 e. The number of ketones is 2. The Kier molecular flexibility index (Phi) is 19.6. The molecule has 0 aliphatic heterocycles. The van der Waals surface area contributed by atoms with Gasteiger partial charge in [0.05, 0.1) is 33.1 Å². The molecule has 0 unspecified atom stereocenters. The first kappa shape index (κ1) is 49.8. The van der Waals surface area contributed by atoms with E-state index in [-0.39, 0.29) is 141 Å². The van der Waals surface area contributed by atoms with Gasteiger partial charge in [0.25, 0.3) is 0 Å². The standard InChI is InChI=1S/C28H20N4O14S2.4Na/c33-17-9-19(27(37)38)25(21(35)11-17)31-29-15-5-3-13(23(7-15)47(41,42)43)1-2-14-4-6-16(8-24(14)48(44,45)46)30-32-26-20(28(39)40)10-18(34)12-22(26)36;;;;/h1-12,29-30,35-36H,(H,37,38)(H,39,40)(H,41,42,43)(H,44,45,46);;;;/q;4*+1/p-4/b2-1+,31-25-,32-26+;;;;. The molecule has 2 aromatic rings. The molecule has 0 fully saturated rings. The van der Waals surface area contributed by atoms with Crippen LogP contribution in [0.3, 0.4) is 0 Å². The number of allylic oxidation sites excluding steroid dienone is 6. The zero-order valence-corrected chi connectivity index (χ0v) is 37.1. The summed E-state index contributed by atoms with van der Waals surface area (Å²) in [7, 11) is -10.5. The molecule has 0 heterocycles. The number of hydrogen-bond donors (Lipinski definition) is 4. The molecular formula is C28H16N4Na4O14S2. The first-order valence-corrected chi connectivity index (χ1v) is 15.5. The Labute approximate surface area is 382 Å². The van der Waals surface area contributed by atoms with Crippen molar-refractivity contribution in [2.24, 2.45) is 10.2 Å². The fraction of sp³-hybridized carbons (Fsp3) is 0. The maximum absolute atomic E-state index is 12.0. The van der Waals surface area contributed by atoms with Gasteiger partial charge in [-0.05, 0) is 47.5 Å². The van der Waals surface area contributed by atoms with Crippen molar-refractivity contribution in [3.63, 3.8) is 0 Å². The summed E-state index contributed by atoms with van der Waals surface area (Å²) < 4.78 is 72.3. The average molecular weight is 789 g/mol. The van der Waals surface area contributed by atoms with E-state index in [0.717, 1.165) is 48.6 Å². The number of carboxylic acids is 2. The summed E-state index contributed by atoms with van der Waals surface area (Å²) in [4.78, 5) is 43.9. The van der Waals surface area contributed by atoms with Gasteiger partial charge >= 0.3 is 118 Å². The van der Waals surface area contributed by atoms with Crippen LogP contribution in [0.1, 0.15) is 11.1 Å². The van der Waals surface area contributed by atoms with Crippen molar-refractivity contribution in [1.82, 2.24) is 0 Å². The van der Waals surface area contributed by atoms with E-state index in [0.29, 0.717) is 24.3 Å². The first-order valence-electron chi connectivity index (χ1n) is 12.7. The summed E-state index contributed by atoms with van der Waals surface area (Å²) in [6, 6.07) is 6.00. The topological polar surface area (TPSA) is 318 Å². The predicted octanol–water partition coefficient (Wildman–Crippen LogP) is -13.4. The van der Waals surface area contributed by atoms with Gasteiger partial charge in [-0.3, -0.25) is 20.4 Å². The average Bonchev–Trinajstić information content (AvgIpc) is 2.97. The number of carbonyl (C=O) groups excluding carboxylic acids is 4.